The fraction of sp³-hybridized carbons (Fsp3) is 0.538. The normalized spacial score (nSPS) is 27.1. The number of aryl methyl sites for hydroxylation is 1. The first kappa shape index (κ1) is 9.22. The van der Waals surface area contributed by atoms with Crippen LogP contribution in [0.15, 0.2) is 18.2 Å². The summed E-state index contributed by atoms with van der Waals surface area (Å²) in [4.78, 5) is 0. The molecule has 2 heteroatoms. The van der Waals surface area contributed by atoms with Crippen LogP contribution < -0.4 is 0 Å². The van der Waals surface area contributed by atoms with Crippen LogP contribution >= 0.6 is 0 Å². The van der Waals surface area contributed by atoms with E-state index in [1.165, 1.54) is 17.5 Å². The smallest absolute Gasteiger partial charge is 0.115 e. The number of aliphatic hydroxyl groups excluding tert-OH is 1. The fourth-order valence-electron chi connectivity index (χ4n) is 3.18. The lowest BCUT2D eigenvalue weighted by molar-refractivity contribution is 0.0143. The monoisotopic (exact) mass is 204 g/mol. The minimum absolute atomic E-state index is 0.0291. The first-order chi connectivity index (χ1) is 7.22. The molecular formula is C13H16O2. The highest BCUT2D eigenvalue weighted by molar-refractivity contribution is 5.44. The van der Waals surface area contributed by atoms with Gasteiger partial charge >= 0.3 is 0 Å². The largest absolute Gasteiger partial charge is 0.508 e. The summed E-state index contributed by atoms with van der Waals surface area (Å²) in [6.45, 7) is 0. The second kappa shape index (κ2) is 2.99. The number of rotatable bonds is 0. The predicted octanol–water partition coefficient (Wildman–Crippen LogP) is 2.12. The lowest BCUT2D eigenvalue weighted by Crippen LogP contribution is -2.48. The molecule has 2 aliphatic rings. The number of aliphatic hydroxyl groups is 1. The van der Waals surface area contributed by atoms with Crippen LogP contribution in [0.4, 0.5) is 0 Å². The molecule has 0 radical (unpaired) electrons. The van der Waals surface area contributed by atoms with Crippen molar-refractivity contribution >= 4 is 0 Å². The maximum atomic E-state index is 10.1. The van der Waals surface area contributed by atoms with E-state index in [-0.39, 0.29) is 11.5 Å². The molecule has 15 heavy (non-hydrogen) atoms. The van der Waals surface area contributed by atoms with Gasteiger partial charge in [0.05, 0.1) is 6.10 Å². The molecule has 0 heterocycles. The Morgan fingerprint density at radius 2 is 2.07 bits per heavy atom. The topological polar surface area (TPSA) is 40.5 Å². The Morgan fingerprint density at radius 3 is 2.73 bits per heavy atom. The SMILES string of the molecule is Oc1ccc2c(c1)CCC(O)C21CCC1. The quantitative estimate of drug-likeness (QED) is 0.679. The zero-order chi connectivity index (χ0) is 10.5. The van der Waals surface area contributed by atoms with Gasteiger partial charge in [-0.1, -0.05) is 12.5 Å². The van der Waals surface area contributed by atoms with E-state index >= 15 is 0 Å². The highest BCUT2D eigenvalue weighted by Crippen LogP contribution is 2.51. The fourth-order valence-corrected chi connectivity index (χ4v) is 3.18. The van der Waals surface area contributed by atoms with Crippen molar-refractivity contribution in [3.63, 3.8) is 0 Å². The Bertz CT molecular complexity index is 394. The van der Waals surface area contributed by atoms with Crippen molar-refractivity contribution in [1.82, 2.24) is 0 Å². The van der Waals surface area contributed by atoms with Crippen LogP contribution in [-0.4, -0.2) is 16.3 Å². The molecule has 1 aromatic carbocycles. The van der Waals surface area contributed by atoms with Crippen molar-refractivity contribution in [1.29, 1.82) is 0 Å². The zero-order valence-electron chi connectivity index (χ0n) is 8.74. The Balaban J connectivity index is 2.12. The summed E-state index contributed by atoms with van der Waals surface area (Å²) in [6, 6.07) is 5.62. The molecule has 0 aromatic heterocycles. The lowest BCUT2D eigenvalue weighted by atomic mass is 9.57. The molecule has 0 bridgehead atoms. The molecule has 1 saturated carbocycles. The van der Waals surface area contributed by atoms with Crippen LogP contribution in [0.2, 0.25) is 0 Å². The van der Waals surface area contributed by atoms with Crippen molar-refractivity contribution in [2.45, 2.75) is 43.6 Å². The van der Waals surface area contributed by atoms with Crippen LogP contribution in [-0.2, 0) is 11.8 Å². The molecule has 0 saturated heterocycles. The molecule has 2 aliphatic carbocycles. The van der Waals surface area contributed by atoms with Gasteiger partial charge in [-0.2, -0.15) is 0 Å². The molecule has 80 valence electrons. The number of benzene rings is 1. The van der Waals surface area contributed by atoms with E-state index in [9.17, 15) is 10.2 Å². The van der Waals surface area contributed by atoms with Crippen molar-refractivity contribution < 1.29 is 10.2 Å². The lowest BCUT2D eigenvalue weighted by Gasteiger charge is -2.49. The second-order valence-electron chi connectivity index (χ2n) is 4.91. The molecular weight excluding hydrogens is 188 g/mol. The van der Waals surface area contributed by atoms with Gasteiger partial charge in [-0.05, 0) is 48.9 Å². The third-order valence-electron chi connectivity index (χ3n) is 4.20. The third kappa shape index (κ3) is 1.14. The van der Waals surface area contributed by atoms with E-state index in [1.807, 2.05) is 12.1 Å². The van der Waals surface area contributed by atoms with E-state index in [0.717, 1.165) is 25.7 Å². The van der Waals surface area contributed by atoms with Crippen LogP contribution in [0, 0.1) is 0 Å². The van der Waals surface area contributed by atoms with Gasteiger partial charge in [-0.15, -0.1) is 0 Å². The molecule has 1 atom stereocenters. The predicted molar refractivity (Wildman–Crippen MR) is 58.0 cm³/mol. The van der Waals surface area contributed by atoms with Gasteiger partial charge in [-0.3, -0.25) is 0 Å². The number of aromatic hydroxyl groups is 1. The van der Waals surface area contributed by atoms with Crippen molar-refractivity contribution in [3.05, 3.63) is 29.3 Å². The Hall–Kier alpha value is -1.02. The Morgan fingerprint density at radius 1 is 1.27 bits per heavy atom. The maximum absolute atomic E-state index is 10.1. The van der Waals surface area contributed by atoms with Gasteiger partial charge < -0.3 is 10.2 Å². The number of phenolic OH excluding ortho intramolecular Hbond substituents is 1. The molecule has 3 rings (SSSR count). The number of hydrogen-bond donors (Lipinski definition) is 2. The first-order valence-electron chi connectivity index (χ1n) is 5.73. The summed E-state index contributed by atoms with van der Waals surface area (Å²) in [5.41, 5.74) is 2.55. The third-order valence-corrected chi connectivity index (χ3v) is 4.20. The zero-order valence-corrected chi connectivity index (χ0v) is 8.74. The molecule has 0 aliphatic heterocycles. The Labute approximate surface area is 89.6 Å². The van der Waals surface area contributed by atoms with Gasteiger partial charge in [0.1, 0.15) is 5.75 Å². The van der Waals surface area contributed by atoms with E-state index in [2.05, 4.69) is 0 Å². The summed E-state index contributed by atoms with van der Waals surface area (Å²) in [6.07, 6.45) is 4.99. The summed E-state index contributed by atoms with van der Waals surface area (Å²) < 4.78 is 0. The van der Waals surface area contributed by atoms with Crippen LogP contribution in [0.1, 0.15) is 36.8 Å². The summed E-state index contributed by atoms with van der Waals surface area (Å²) in [5, 5.41) is 19.6. The average Bonchev–Trinajstić information content (AvgIpc) is 2.15. The van der Waals surface area contributed by atoms with Crippen molar-refractivity contribution in [2.24, 2.45) is 0 Å². The van der Waals surface area contributed by atoms with E-state index in [1.54, 1.807) is 6.07 Å². The van der Waals surface area contributed by atoms with Gasteiger partial charge in [0.15, 0.2) is 0 Å². The highest BCUT2D eigenvalue weighted by atomic mass is 16.3. The summed E-state index contributed by atoms with van der Waals surface area (Å²) in [5.74, 6) is 0.347. The average molecular weight is 204 g/mol. The van der Waals surface area contributed by atoms with E-state index < -0.39 is 0 Å². The van der Waals surface area contributed by atoms with Gasteiger partial charge in [-0.25, -0.2) is 0 Å². The molecule has 0 amide bonds. The van der Waals surface area contributed by atoms with Crippen LogP contribution in [0.3, 0.4) is 0 Å². The number of phenols is 1. The van der Waals surface area contributed by atoms with Crippen molar-refractivity contribution in [3.8, 4) is 5.75 Å². The molecule has 2 N–H and O–H groups in total. The number of hydrogen-bond acceptors (Lipinski definition) is 2. The van der Waals surface area contributed by atoms with Crippen molar-refractivity contribution in [2.75, 3.05) is 0 Å². The minimum Gasteiger partial charge on any atom is -0.508 e. The molecule has 2 nitrogen and oxygen atoms in total. The first-order valence-corrected chi connectivity index (χ1v) is 5.73. The second-order valence-corrected chi connectivity index (χ2v) is 4.91. The minimum atomic E-state index is -0.178. The van der Waals surface area contributed by atoms with Crippen LogP contribution in [0.25, 0.3) is 0 Å². The standard InChI is InChI=1S/C13H16O2/c14-10-3-4-11-9(8-10)2-5-12(15)13(11)6-1-7-13/h3-4,8,12,14-15H,1-2,5-7H2. The van der Waals surface area contributed by atoms with Crippen LogP contribution in [0.5, 0.6) is 5.75 Å². The Kier molecular flexibility index (Phi) is 1.84. The maximum Gasteiger partial charge on any atom is 0.115 e. The summed E-state index contributed by atoms with van der Waals surface area (Å²) >= 11 is 0. The highest BCUT2D eigenvalue weighted by Gasteiger charge is 2.47. The molecule has 1 unspecified atom stereocenters. The van der Waals surface area contributed by atoms with Gasteiger partial charge in [0.2, 0.25) is 0 Å². The molecule has 1 fully saturated rings. The van der Waals surface area contributed by atoms with Gasteiger partial charge in [0.25, 0.3) is 0 Å². The van der Waals surface area contributed by atoms with E-state index in [0.29, 0.717) is 5.75 Å². The molecule has 1 aromatic rings. The molecule has 1 spiro atoms. The van der Waals surface area contributed by atoms with Gasteiger partial charge in [0, 0.05) is 5.41 Å². The van der Waals surface area contributed by atoms with E-state index in [4.69, 9.17) is 0 Å². The summed E-state index contributed by atoms with van der Waals surface area (Å²) in [7, 11) is 0. The number of fused-ring (bicyclic) bond motifs is 2.